The molecule has 0 aromatic heterocycles. The van der Waals surface area contributed by atoms with E-state index in [-0.39, 0.29) is 18.4 Å². The molecule has 1 unspecified atom stereocenters. The molecule has 7 atom stereocenters. The Morgan fingerprint density at radius 3 is 2.04 bits per heavy atom. The van der Waals surface area contributed by atoms with E-state index in [0.717, 1.165) is 12.8 Å². The summed E-state index contributed by atoms with van der Waals surface area (Å²) >= 11 is 0. The number of nitrogens with one attached hydrogen (secondary N) is 4. The summed E-state index contributed by atoms with van der Waals surface area (Å²) in [7, 11) is 0. The van der Waals surface area contributed by atoms with Crippen LogP contribution in [-0.2, 0) is 28.8 Å². The average molecular weight is 723 g/mol. The highest BCUT2D eigenvalue weighted by atomic mass is 16.3. The first-order valence-corrected chi connectivity index (χ1v) is 19.2. The van der Waals surface area contributed by atoms with Gasteiger partial charge in [0.1, 0.15) is 30.2 Å². The minimum Gasteiger partial charge on any atom is -0.391 e. The highest BCUT2D eigenvalue weighted by molar-refractivity contribution is 5.97. The Morgan fingerprint density at radius 1 is 0.788 bits per heavy atom. The lowest BCUT2D eigenvalue weighted by atomic mass is 9.79. The van der Waals surface area contributed by atoms with Gasteiger partial charge in [0.05, 0.1) is 6.10 Å². The number of hydrogen-bond donors (Lipinski definition) is 5. The molecule has 1 aromatic carbocycles. The zero-order chi connectivity index (χ0) is 37.8. The van der Waals surface area contributed by atoms with Crippen LogP contribution in [0.15, 0.2) is 30.3 Å². The SMILES string of the molecule is [CH][C@H](NC(=O)[C@@H]1CCCCN1C(=O)[C@@H](NC(=O)C[C@H](C)C1CCCCC1)c1ccccc1)C(=O)N1CCC[C@H]1C(=O)N[C@H](C(=O)NCCC)C(C)O. The summed E-state index contributed by atoms with van der Waals surface area (Å²) in [5.74, 6) is -2.35. The van der Waals surface area contributed by atoms with Crippen molar-refractivity contribution < 1.29 is 33.9 Å². The van der Waals surface area contributed by atoms with Crippen molar-refractivity contribution in [1.82, 2.24) is 31.1 Å². The molecular weight excluding hydrogens is 664 g/mol. The first-order chi connectivity index (χ1) is 24.9. The molecule has 1 saturated carbocycles. The van der Waals surface area contributed by atoms with E-state index in [1.54, 1.807) is 24.3 Å². The number of carbonyl (C=O) groups is 6. The molecular formula is C39H58N6O7. The Morgan fingerprint density at radius 2 is 1.38 bits per heavy atom. The predicted molar refractivity (Wildman–Crippen MR) is 195 cm³/mol. The van der Waals surface area contributed by atoms with Gasteiger partial charge in [-0.05, 0) is 69.8 Å². The summed E-state index contributed by atoms with van der Waals surface area (Å²) in [6.45, 7) is 12.5. The van der Waals surface area contributed by atoms with Gasteiger partial charge in [0.2, 0.25) is 35.4 Å². The molecule has 3 fully saturated rings. The van der Waals surface area contributed by atoms with Gasteiger partial charge >= 0.3 is 0 Å². The molecule has 286 valence electrons. The fourth-order valence-corrected chi connectivity index (χ4v) is 7.75. The molecule has 13 heteroatoms. The Balaban J connectivity index is 1.42. The third kappa shape index (κ3) is 10.8. The van der Waals surface area contributed by atoms with Crippen molar-refractivity contribution in [1.29, 1.82) is 0 Å². The number of amides is 6. The van der Waals surface area contributed by atoms with Crippen LogP contribution in [0.2, 0.25) is 0 Å². The second-order valence-electron chi connectivity index (χ2n) is 14.7. The number of likely N-dealkylation sites (tertiary alicyclic amines) is 2. The third-order valence-electron chi connectivity index (χ3n) is 10.7. The molecule has 2 radical (unpaired) electrons. The molecule has 0 spiro atoms. The Labute approximate surface area is 308 Å². The highest BCUT2D eigenvalue weighted by Crippen LogP contribution is 2.32. The lowest BCUT2D eigenvalue weighted by molar-refractivity contribution is -0.146. The quantitative estimate of drug-likeness (QED) is 0.185. The Hall–Kier alpha value is -4.00. The monoisotopic (exact) mass is 722 g/mol. The smallest absolute Gasteiger partial charge is 0.250 e. The van der Waals surface area contributed by atoms with E-state index in [4.69, 9.17) is 6.92 Å². The Kier molecular flexibility index (Phi) is 15.5. The van der Waals surface area contributed by atoms with Gasteiger partial charge in [-0.1, -0.05) is 76.3 Å². The summed E-state index contributed by atoms with van der Waals surface area (Å²) in [6.07, 6.45) is 8.12. The van der Waals surface area contributed by atoms with Crippen molar-refractivity contribution in [2.45, 2.75) is 134 Å². The molecule has 2 heterocycles. The van der Waals surface area contributed by atoms with Crippen molar-refractivity contribution in [3.8, 4) is 0 Å². The molecule has 6 amide bonds. The van der Waals surface area contributed by atoms with Gasteiger partial charge in [-0.15, -0.1) is 0 Å². The molecule has 2 aliphatic heterocycles. The van der Waals surface area contributed by atoms with Crippen molar-refractivity contribution in [2.24, 2.45) is 11.8 Å². The van der Waals surface area contributed by atoms with Crippen LogP contribution < -0.4 is 21.3 Å². The van der Waals surface area contributed by atoms with Gasteiger partial charge in [0.15, 0.2) is 0 Å². The van der Waals surface area contributed by atoms with Crippen LogP contribution in [0.5, 0.6) is 0 Å². The number of benzene rings is 1. The number of aliphatic hydroxyl groups is 1. The van der Waals surface area contributed by atoms with Crippen LogP contribution in [0.4, 0.5) is 0 Å². The lowest BCUT2D eigenvalue weighted by Crippen LogP contribution is -2.60. The fourth-order valence-electron chi connectivity index (χ4n) is 7.75. The summed E-state index contributed by atoms with van der Waals surface area (Å²) in [4.78, 5) is 83.5. The summed E-state index contributed by atoms with van der Waals surface area (Å²) in [5, 5.41) is 21.0. The minimum atomic E-state index is -1.49. The van der Waals surface area contributed by atoms with Gasteiger partial charge < -0.3 is 36.2 Å². The summed E-state index contributed by atoms with van der Waals surface area (Å²) in [5.41, 5.74) is 0.613. The van der Waals surface area contributed by atoms with Crippen LogP contribution in [0.3, 0.4) is 0 Å². The topological polar surface area (TPSA) is 177 Å². The molecule has 4 rings (SSSR count). The summed E-state index contributed by atoms with van der Waals surface area (Å²) in [6, 6.07) is 3.44. The van der Waals surface area contributed by atoms with Gasteiger partial charge in [-0.3, -0.25) is 28.8 Å². The predicted octanol–water partition coefficient (Wildman–Crippen LogP) is 2.41. The molecule has 13 nitrogen and oxygen atoms in total. The normalized spacial score (nSPS) is 22.3. The average Bonchev–Trinajstić information content (AvgIpc) is 3.65. The molecule has 1 aromatic rings. The first-order valence-electron chi connectivity index (χ1n) is 19.2. The van der Waals surface area contributed by atoms with E-state index < -0.39 is 65.8 Å². The number of aliphatic hydroxyl groups excluding tert-OH is 1. The third-order valence-corrected chi connectivity index (χ3v) is 10.7. The van der Waals surface area contributed by atoms with Crippen LogP contribution >= 0.6 is 0 Å². The number of rotatable bonds is 15. The molecule has 5 N–H and O–H groups in total. The van der Waals surface area contributed by atoms with E-state index in [1.807, 2.05) is 13.0 Å². The molecule has 0 bridgehead atoms. The van der Waals surface area contributed by atoms with Crippen LogP contribution in [-0.4, -0.2) is 100 Å². The van der Waals surface area contributed by atoms with E-state index in [0.29, 0.717) is 69.5 Å². The first kappa shape index (κ1) is 40.8. The van der Waals surface area contributed by atoms with E-state index in [9.17, 15) is 33.9 Å². The second kappa shape index (κ2) is 19.7. The second-order valence-corrected chi connectivity index (χ2v) is 14.7. The largest absolute Gasteiger partial charge is 0.391 e. The Bertz CT molecular complexity index is 1380. The molecule has 1 aliphatic carbocycles. The maximum Gasteiger partial charge on any atom is 0.250 e. The van der Waals surface area contributed by atoms with E-state index >= 15 is 0 Å². The number of carbonyl (C=O) groups excluding carboxylic acids is 6. The van der Waals surface area contributed by atoms with E-state index in [2.05, 4.69) is 28.2 Å². The summed E-state index contributed by atoms with van der Waals surface area (Å²) < 4.78 is 0. The molecule has 3 aliphatic rings. The van der Waals surface area contributed by atoms with Gasteiger partial charge in [0.25, 0.3) is 0 Å². The minimum absolute atomic E-state index is 0.186. The van der Waals surface area contributed by atoms with Gasteiger partial charge in [-0.25, -0.2) is 0 Å². The lowest BCUT2D eigenvalue weighted by Gasteiger charge is -2.38. The van der Waals surface area contributed by atoms with E-state index in [1.165, 1.54) is 36.0 Å². The van der Waals surface area contributed by atoms with Crippen LogP contribution in [0.1, 0.15) is 109 Å². The van der Waals surface area contributed by atoms with Gasteiger partial charge in [-0.2, -0.15) is 0 Å². The maximum absolute atomic E-state index is 14.3. The van der Waals surface area contributed by atoms with Crippen molar-refractivity contribution >= 4 is 35.4 Å². The van der Waals surface area contributed by atoms with Gasteiger partial charge in [0, 0.05) is 26.1 Å². The van der Waals surface area contributed by atoms with Crippen molar-refractivity contribution in [2.75, 3.05) is 19.6 Å². The maximum atomic E-state index is 14.3. The number of nitrogens with zero attached hydrogens (tertiary/aromatic N) is 2. The van der Waals surface area contributed by atoms with Crippen LogP contribution in [0.25, 0.3) is 0 Å². The fraction of sp³-hybridized carbons (Fsp3) is 0.667. The van der Waals surface area contributed by atoms with Crippen molar-refractivity contribution in [3.05, 3.63) is 42.8 Å². The zero-order valence-corrected chi connectivity index (χ0v) is 31.0. The number of piperidine rings is 1. The van der Waals surface area contributed by atoms with Crippen LogP contribution in [0, 0.1) is 18.8 Å². The molecule has 52 heavy (non-hydrogen) atoms. The standard InChI is InChI=1S/C39H58N6O7/c1-5-21-40-37(50)33(27(4)46)43-36(49)31-20-14-23-44(31)38(51)26(3)41-35(48)30-19-12-13-22-45(30)39(52)34(29-17-10-7-11-18-29)42-32(47)24-25(2)28-15-8-6-9-16-28/h3,7,10-11,17-18,25-28,30-31,33-34,46H,5-6,8-9,12-16,19-24H2,1-2,4H3,(H,40,50)(H,41,48)(H,42,47)(H,43,49)/t25-,26-,27?,30-,31-,33-,34-/m0/s1. The number of hydrogen-bond acceptors (Lipinski definition) is 7. The highest BCUT2D eigenvalue weighted by Gasteiger charge is 2.41. The zero-order valence-electron chi connectivity index (χ0n) is 31.0. The van der Waals surface area contributed by atoms with Crippen molar-refractivity contribution in [3.63, 3.8) is 0 Å². The molecule has 2 saturated heterocycles.